The zero-order valence-electron chi connectivity index (χ0n) is 17.5. The normalized spacial score (nSPS) is 12.8. The molecular weight excluding hydrogens is 484 g/mol. The van der Waals surface area contributed by atoms with E-state index in [1.165, 1.54) is 0 Å². The van der Waals surface area contributed by atoms with Crippen LogP contribution in [0.15, 0.2) is 89.5 Å². The maximum absolute atomic E-state index is 13.6. The zero-order chi connectivity index (χ0) is 23.4. The molecule has 0 saturated heterocycles. The van der Waals surface area contributed by atoms with Crippen LogP contribution in [0.4, 0.5) is 0 Å². The number of rotatable bonds is 8. The minimum Gasteiger partial charge on any atom is -0.480 e. The number of fused-ring (bicyclic) bond motifs is 1. The Balaban J connectivity index is 1.69. The van der Waals surface area contributed by atoms with Gasteiger partial charge in [0.05, 0.1) is 6.04 Å². The molecule has 1 amide bonds. The number of nitrogens with one attached hydrogen (secondary N) is 2. The van der Waals surface area contributed by atoms with Gasteiger partial charge in [-0.15, -0.1) is 0 Å². The number of carboxylic acid groups (broad SMARTS) is 1. The highest BCUT2D eigenvalue weighted by atomic mass is 79.9. The van der Waals surface area contributed by atoms with Crippen LogP contribution in [0.5, 0.6) is 0 Å². The Morgan fingerprint density at radius 1 is 0.909 bits per heavy atom. The summed E-state index contributed by atoms with van der Waals surface area (Å²) in [6, 6.07) is 21.7. The van der Waals surface area contributed by atoms with Crippen LogP contribution in [-0.2, 0) is 16.0 Å². The van der Waals surface area contributed by atoms with Crippen molar-refractivity contribution in [2.24, 2.45) is 0 Å². The Hall–Kier alpha value is -3.71. The molecular formula is C26H21BrN2O4. The van der Waals surface area contributed by atoms with E-state index in [-0.39, 0.29) is 6.42 Å². The average Bonchev–Trinajstić information content (AvgIpc) is 3.22. The number of carboxylic acids is 1. The second-order valence-corrected chi connectivity index (χ2v) is 8.60. The fourth-order valence-corrected chi connectivity index (χ4v) is 4.13. The third-order valence-electron chi connectivity index (χ3n) is 5.52. The van der Waals surface area contributed by atoms with Crippen LogP contribution >= 0.6 is 15.9 Å². The number of H-pyrrole nitrogens is 1. The highest BCUT2D eigenvalue weighted by Crippen LogP contribution is 2.24. The van der Waals surface area contributed by atoms with Crippen LogP contribution in [0.1, 0.15) is 27.4 Å². The smallest absolute Gasteiger partial charge is 0.318 e. The molecule has 0 aliphatic rings. The molecule has 1 aromatic heterocycles. The first-order valence-corrected chi connectivity index (χ1v) is 11.2. The number of para-hydroxylation sites is 1. The lowest BCUT2D eigenvalue weighted by atomic mass is 9.88. The lowest BCUT2D eigenvalue weighted by Gasteiger charge is -2.22. The third-order valence-corrected chi connectivity index (χ3v) is 6.05. The fraction of sp³-hybridized carbons (Fsp3) is 0.115. The number of amides is 1. The minimum atomic E-state index is -1.40. The Kier molecular flexibility index (Phi) is 6.70. The SMILES string of the molecule is O=C(N[C@@H](Cc1c[nH]c2ccccc12)C(=O)C(C(=O)O)c1ccccc1)c1ccc(Br)cc1. The molecule has 7 heteroatoms. The number of halogens is 1. The first-order chi connectivity index (χ1) is 15.9. The van der Waals surface area contributed by atoms with Crippen LogP contribution < -0.4 is 5.32 Å². The number of hydrogen-bond acceptors (Lipinski definition) is 3. The molecule has 0 fully saturated rings. The molecule has 0 radical (unpaired) electrons. The number of aromatic nitrogens is 1. The van der Waals surface area contributed by atoms with E-state index in [0.29, 0.717) is 11.1 Å². The number of benzene rings is 3. The van der Waals surface area contributed by atoms with Crippen molar-refractivity contribution in [3.8, 4) is 0 Å². The standard InChI is InChI=1S/C26H21BrN2O4/c27-19-12-10-17(11-13-19)25(31)29-22(14-18-15-28-21-9-5-4-8-20(18)21)24(30)23(26(32)33)16-6-2-1-3-7-16/h1-13,15,22-23,28H,14H2,(H,29,31)(H,32,33)/t22-,23?/m0/s1. The summed E-state index contributed by atoms with van der Waals surface area (Å²) in [5.74, 6) is -3.68. The zero-order valence-corrected chi connectivity index (χ0v) is 19.1. The van der Waals surface area contributed by atoms with E-state index in [1.54, 1.807) is 60.8 Å². The van der Waals surface area contributed by atoms with Crippen LogP contribution in [-0.4, -0.2) is 33.8 Å². The van der Waals surface area contributed by atoms with E-state index in [1.807, 2.05) is 24.3 Å². The van der Waals surface area contributed by atoms with Crippen LogP contribution in [0.3, 0.4) is 0 Å². The monoisotopic (exact) mass is 504 g/mol. The van der Waals surface area contributed by atoms with Gasteiger partial charge in [0.1, 0.15) is 5.92 Å². The predicted molar refractivity (Wildman–Crippen MR) is 129 cm³/mol. The fourth-order valence-electron chi connectivity index (χ4n) is 3.86. The first-order valence-electron chi connectivity index (χ1n) is 10.4. The summed E-state index contributed by atoms with van der Waals surface area (Å²) >= 11 is 3.34. The predicted octanol–water partition coefficient (Wildman–Crippen LogP) is 4.71. The van der Waals surface area contributed by atoms with Gasteiger partial charge in [0.25, 0.3) is 5.91 Å². The molecule has 4 rings (SSSR count). The van der Waals surface area contributed by atoms with Crippen LogP contribution in [0, 0.1) is 0 Å². The Bertz CT molecular complexity index is 1300. The van der Waals surface area contributed by atoms with E-state index in [0.717, 1.165) is 20.9 Å². The maximum Gasteiger partial charge on any atom is 0.318 e. The molecule has 0 bridgehead atoms. The van der Waals surface area contributed by atoms with Gasteiger partial charge < -0.3 is 15.4 Å². The number of ketones is 1. The molecule has 166 valence electrons. The van der Waals surface area contributed by atoms with Gasteiger partial charge in [-0.25, -0.2) is 0 Å². The summed E-state index contributed by atoms with van der Waals surface area (Å²) in [4.78, 5) is 41.8. The Labute approximate surface area is 198 Å². The quantitative estimate of drug-likeness (QED) is 0.302. The number of Topliss-reactive ketones (excluding diaryl/α,β-unsaturated/α-hetero) is 1. The van der Waals surface area contributed by atoms with Gasteiger partial charge in [-0.1, -0.05) is 64.5 Å². The summed E-state index contributed by atoms with van der Waals surface area (Å²) in [7, 11) is 0. The van der Waals surface area contributed by atoms with Gasteiger partial charge in [-0.3, -0.25) is 14.4 Å². The molecule has 0 aliphatic carbocycles. The van der Waals surface area contributed by atoms with Crippen molar-refractivity contribution in [3.63, 3.8) is 0 Å². The highest BCUT2D eigenvalue weighted by molar-refractivity contribution is 9.10. The minimum absolute atomic E-state index is 0.154. The summed E-state index contributed by atoms with van der Waals surface area (Å²) in [6.45, 7) is 0. The van der Waals surface area contributed by atoms with Gasteiger partial charge >= 0.3 is 5.97 Å². The number of aromatic amines is 1. The van der Waals surface area contributed by atoms with Gasteiger partial charge in [0.15, 0.2) is 5.78 Å². The van der Waals surface area contributed by atoms with Crippen molar-refractivity contribution in [2.45, 2.75) is 18.4 Å². The maximum atomic E-state index is 13.6. The van der Waals surface area contributed by atoms with Crippen molar-refractivity contribution in [2.75, 3.05) is 0 Å². The molecule has 2 atom stereocenters. The molecule has 4 aromatic rings. The van der Waals surface area contributed by atoms with Gasteiger partial charge in [-0.05, 0) is 41.5 Å². The molecule has 6 nitrogen and oxygen atoms in total. The van der Waals surface area contributed by atoms with Crippen molar-refractivity contribution in [3.05, 3.63) is 106 Å². The topological polar surface area (TPSA) is 99.3 Å². The van der Waals surface area contributed by atoms with E-state index in [9.17, 15) is 19.5 Å². The second kappa shape index (κ2) is 9.83. The van der Waals surface area contributed by atoms with Gasteiger partial charge in [0, 0.05) is 33.6 Å². The highest BCUT2D eigenvalue weighted by Gasteiger charge is 2.35. The van der Waals surface area contributed by atoms with Crippen molar-refractivity contribution >= 4 is 44.5 Å². The largest absolute Gasteiger partial charge is 0.480 e. The number of hydrogen-bond donors (Lipinski definition) is 3. The van der Waals surface area contributed by atoms with Gasteiger partial charge in [-0.2, -0.15) is 0 Å². The van der Waals surface area contributed by atoms with Crippen LogP contribution in [0.25, 0.3) is 10.9 Å². The summed E-state index contributed by atoms with van der Waals surface area (Å²) in [6.07, 6.45) is 1.94. The molecule has 33 heavy (non-hydrogen) atoms. The Morgan fingerprint density at radius 2 is 1.58 bits per heavy atom. The summed E-state index contributed by atoms with van der Waals surface area (Å²) in [5, 5.41) is 13.6. The lowest BCUT2D eigenvalue weighted by molar-refractivity contribution is -0.143. The van der Waals surface area contributed by atoms with Crippen molar-refractivity contribution in [1.82, 2.24) is 10.3 Å². The number of aliphatic carboxylic acids is 1. The summed E-state index contributed by atoms with van der Waals surface area (Å²) in [5.41, 5.74) is 2.46. The molecule has 1 unspecified atom stereocenters. The van der Waals surface area contributed by atoms with E-state index in [2.05, 4.69) is 26.2 Å². The Morgan fingerprint density at radius 3 is 2.27 bits per heavy atom. The van der Waals surface area contributed by atoms with E-state index >= 15 is 0 Å². The van der Waals surface area contributed by atoms with Crippen LogP contribution in [0.2, 0.25) is 0 Å². The molecule has 0 aliphatic heterocycles. The molecule has 0 saturated carbocycles. The van der Waals surface area contributed by atoms with Crippen molar-refractivity contribution in [1.29, 1.82) is 0 Å². The van der Waals surface area contributed by atoms with E-state index in [4.69, 9.17) is 0 Å². The number of carbonyl (C=O) groups is 3. The average molecular weight is 505 g/mol. The van der Waals surface area contributed by atoms with E-state index < -0.39 is 29.6 Å². The number of carbonyl (C=O) groups excluding carboxylic acids is 2. The molecule has 1 heterocycles. The molecule has 3 aromatic carbocycles. The summed E-state index contributed by atoms with van der Waals surface area (Å²) < 4.78 is 0.820. The molecule has 3 N–H and O–H groups in total. The second-order valence-electron chi connectivity index (χ2n) is 7.68. The third kappa shape index (κ3) is 5.04. The first kappa shape index (κ1) is 22.5. The van der Waals surface area contributed by atoms with Gasteiger partial charge in [0.2, 0.25) is 0 Å². The molecule has 0 spiro atoms. The van der Waals surface area contributed by atoms with Crippen molar-refractivity contribution < 1.29 is 19.5 Å². The lowest BCUT2D eigenvalue weighted by Crippen LogP contribution is -2.46.